The lowest BCUT2D eigenvalue weighted by Gasteiger charge is -2.26. The Hall–Kier alpha value is -1.20. The van der Waals surface area contributed by atoms with E-state index in [1.165, 1.54) is 0 Å². The summed E-state index contributed by atoms with van der Waals surface area (Å²) in [5.74, 6) is 1.89. The Kier molecular flexibility index (Phi) is 5.54. The van der Waals surface area contributed by atoms with E-state index in [2.05, 4.69) is 0 Å². The van der Waals surface area contributed by atoms with Crippen LogP contribution in [-0.4, -0.2) is 50.0 Å². The summed E-state index contributed by atoms with van der Waals surface area (Å²) in [4.78, 5) is 15.0. The van der Waals surface area contributed by atoms with Crippen LogP contribution in [0.25, 0.3) is 0 Å². The third-order valence-corrected chi connectivity index (χ3v) is 4.02. The third-order valence-electron chi connectivity index (χ3n) is 3.01. The quantitative estimate of drug-likeness (QED) is 0.774. The van der Waals surface area contributed by atoms with Crippen molar-refractivity contribution in [1.29, 1.82) is 0 Å². The molecule has 1 aliphatic rings. The van der Waals surface area contributed by atoms with Gasteiger partial charge in [-0.2, -0.15) is 0 Å². The number of carbonyl (C=O) groups is 1. The average Bonchev–Trinajstić information content (AvgIpc) is 2.49. The van der Waals surface area contributed by atoms with Crippen molar-refractivity contribution < 1.29 is 14.3 Å². The van der Waals surface area contributed by atoms with Crippen molar-refractivity contribution in [2.75, 3.05) is 39.2 Å². The molecule has 4 nitrogen and oxygen atoms in total. The predicted molar refractivity (Wildman–Crippen MR) is 75.7 cm³/mol. The molecule has 0 aromatic heterocycles. The lowest BCUT2D eigenvalue weighted by Crippen LogP contribution is -2.40. The van der Waals surface area contributed by atoms with Gasteiger partial charge >= 0.3 is 0 Å². The summed E-state index contributed by atoms with van der Waals surface area (Å²) in [5, 5.41) is 0. The van der Waals surface area contributed by atoms with Gasteiger partial charge in [-0.15, -0.1) is 11.8 Å². The van der Waals surface area contributed by atoms with Crippen LogP contribution in [0.5, 0.6) is 5.75 Å². The van der Waals surface area contributed by atoms with E-state index in [-0.39, 0.29) is 5.91 Å². The molecular formula is C14H19NO3S. The zero-order valence-electron chi connectivity index (χ0n) is 11.1. The smallest absolute Gasteiger partial charge is 0.223 e. The van der Waals surface area contributed by atoms with E-state index in [0.717, 1.165) is 29.5 Å². The molecule has 0 spiro atoms. The number of ether oxygens (including phenoxy) is 2. The molecule has 1 aromatic carbocycles. The van der Waals surface area contributed by atoms with Crippen molar-refractivity contribution in [3.8, 4) is 5.75 Å². The third kappa shape index (κ3) is 4.44. The molecule has 0 atom stereocenters. The second-order valence-electron chi connectivity index (χ2n) is 4.27. The molecule has 1 aromatic rings. The molecule has 0 N–H and O–H groups in total. The Labute approximate surface area is 118 Å². The number of thioether (sulfide) groups is 1. The van der Waals surface area contributed by atoms with E-state index in [9.17, 15) is 4.79 Å². The zero-order valence-corrected chi connectivity index (χ0v) is 11.9. The van der Waals surface area contributed by atoms with Gasteiger partial charge in [-0.05, 0) is 24.3 Å². The highest BCUT2D eigenvalue weighted by atomic mass is 32.2. The van der Waals surface area contributed by atoms with Gasteiger partial charge in [0.2, 0.25) is 5.91 Å². The first-order chi connectivity index (χ1) is 9.29. The van der Waals surface area contributed by atoms with E-state index in [4.69, 9.17) is 9.47 Å². The van der Waals surface area contributed by atoms with Gasteiger partial charge in [0, 0.05) is 30.2 Å². The largest absolute Gasteiger partial charge is 0.497 e. The SMILES string of the molecule is COc1ccc(SCCC(=O)N2CCOCC2)cc1. The van der Waals surface area contributed by atoms with Crippen LogP contribution in [0, 0.1) is 0 Å². The van der Waals surface area contributed by atoms with Gasteiger partial charge < -0.3 is 14.4 Å². The van der Waals surface area contributed by atoms with Crippen LogP contribution in [0.4, 0.5) is 0 Å². The van der Waals surface area contributed by atoms with Crippen molar-refractivity contribution in [3.63, 3.8) is 0 Å². The lowest BCUT2D eigenvalue weighted by molar-refractivity contribution is -0.134. The first-order valence-electron chi connectivity index (χ1n) is 6.42. The van der Waals surface area contributed by atoms with Gasteiger partial charge in [-0.25, -0.2) is 0 Å². The Morgan fingerprint density at radius 3 is 2.63 bits per heavy atom. The maximum atomic E-state index is 11.9. The summed E-state index contributed by atoms with van der Waals surface area (Å²) >= 11 is 1.70. The Bertz CT molecular complexity index is 402. The van der Waals surface area contributed by atoms with Crippen LogP contribution in [0.15, 0.2) is 29.2 Å². The Balaban J connectivity index is 1.71. The fourth-order valence-corrected chi connectivity index (χ4v) is 2.74. The number of methoxy groups -OCH3 is 1. The number of rotatable bonds is 5. The zero-order chi connectivity index (χ0) is 13.5. The standard InChI is InChI=1S/C14H19NO3S/c1-17-12-2-4-13(5-3-12)19-11-6-14(16)15-7-9-18-10-8-15/h2-5H,6-11H2,1H3. The maximum absolute atomic E-state index is 11.9. The first kappa shape index (κ1) is 14.2. The summed E-state index contributed by atoms with van der Waals surface area (Å²) in [5.41, 5.74) is 0. The van der Waals surface area contributed by atoms with E-state index < -0.39 is 0 Å². The van der Waals surface area contributed by atoms with Crippen molar-refractivity contribution in [3.05, 3.63) is 24.3 Å². The molecule has 1 aliphatic heterocycles. The van der Waals surface area contributed by atoms with Crippen molar-refractivity contribution >= 4 is 17.7 Å². The average molecular weight is 281 g/mol. The van der Waals surface area contributed by atoms with Gasteiger partial charge in [0.1, 0.15) is 5.75 Å². The fraction of sp³-hybridized carbons (Fsp3) is 0.500. The summed E-state index contributed by atoms with van der Waals surface area (Å²) in [6, 6.07) is 7.91. The highest BCUT2D eigenvalue weighted by Crippen LogP contribution is 2.22. The Morgan fingerprint density at radius 1 is 1.32 bits per heavy atom. The number of nitrogens with zero attached hydrogens (tertiary/aromatic N) is 1. The van der Waals surface area contributed by atoms with Crippen molar-refractivity contribution in [1.82, 2.24) is 4.90 Å². The number of carbonyl (C=O) groups excluding carboxylic acids is 1. The minimum atomic E-state index is 0.226. The molecule has 104 valence electrons. The van der Waals surface area contributed by atoms with Gasteiger partial charge in [0.15, 0.2) is 0 Å². The molecule has 0 aliphatic carbocycles. The molecule has 1 saturated heterocycles. The summed E-state index contributed by atoms with van der Waals surface area (Å²) < 4.78 is 10.3. The second kappa shape index (κ2) is 7.40. The molecule has 0 saturated carbocycles. The molecule has 5 heteroatoms. The van der Waals surface area contributed by atoms with Crippen LogP contribution in [0.2, 0.25) is 0 Å². The number of benzene rings is 1. The topological polar surface area (TPSA) is 38.8 Å². The Morgan fingerprint density at radius 2 is 2.00 bits per heavy atom. The van der Waals surface area contributed by atoms with E-state index >= 15 is 0 Å². The van der Waals surface area contributed by atoms with Crippen LogP contribution in [0.1, 0.15) is 6.42 Å². The molecule has 0 radical (unpaired) electrons. The van der Waals surface area contributed by atoms with Gasteiger partial charge in [-0.3, -0.25) is 4.79 Å². The predicted octanol–water partition coefficient (Wildman–Crippen LogP) is 2.04. The highest BCUT2D eigenvalue weighted by molar-refractivity contribution is 7.99. The molecule has 1 fully saturated rings. The minimum absolute atomic E-state index is 0.226. The van der Waals surface area contributed by atoms with Crippen molar-refractivity contribution in [2.24, 2.45) is 0 Å². The first-order valence-corrected chi connectivity index (χ1v) is 7.40. The highest BCUT2D eigenvalue weighted by Gasteiger charge is 2.16. The summed E-state index contributed by atoms with van der Waals surface area (Å²) in [6.45, 7) is 2.78. The molecule has 0 bridgehead atoms. The summed E-state index contributed by atoms with van der Waals surface area (Å²) in [7, 11) is 1.66. The number of morpholine rings is 1. The van der Waals surface area contributed by atoms with Crippen molar-refractivity contribution in [2.45, 2.75) is 11.3 Å². The molecular weight excluding hydrogens is 262 g/mol. The molecule has 0 unspecified atom stereocenters. The van der Waals surface area contributed by atoms with Crippen LogP contribution in [-0.2, 0) is 9.53 Å². The molecule has 1 heterocycles. The van der Waals surface area contributed by atoms with Crippen LogP contribution in [0.3, 0.4) is 0 Å². The van der Waals surface area contributed by atoms with Gasteiger partial charge in [-0.1, -0.05) is 0 Å². The van der Waals surface area contributed by atoms with E-state index in [1.807, 2.05) is 29.2 Å². The number of hydrogen-bond acceptors (Lipinski definition) is 4. The molecule has 1 amide bonds. The monoisotopic (exact) mass is 281 g/mol. The minimum Gasteiger partial charge on any atom is -0.497 e. The van der Waals surface area contributed by atoms with Crippen LogP contribution < -0.4 is 4.74 Å². The summed E-state index contributed by atoms with van der Waals surface area (Å²) in [6.07, 6.45) is 0.580. The van der Waals surface area contributed by atoms with Gasteiger partial charge in [0.05, 0.1) is 20.3 Å². The van der Waals surface area contributed by atoms with E-state index in [0.29, 0.717) is 19.6 Å². The number of amides is 1. The van der Waals surface area contributed by atoms with E-state index in [1.54, 1.807) is 18.9 Å². The maximum Gasteiger partial charge on any atom is 0.223 e. The van der Waals surface area contributed by atoms with Crippen LogP contribution >= 0.6 is 11.8 Å². The number of hydrogen-bond donors (Lipinski definition) is 0. The molecule has 2 rings (SSSR count). The van der Waals surface area contributed by atoms with Gasteiger partial charge in [0.25, 0.3) is 0 Å². The fourth-order valence-electron chi connectivity index (χ4n) is 1.90. The normalized spacial score (nSPS) is 15.3. The second-order valence-corrected chi connectivity index (χ2v) is 5.44. The molecule has 19 heavy (non-hydrogen) atoms. The lowest BCUT2D eigenvalue weighted by atomic mass is 10.3.